The molecule has 0 bridgehead atoms. The number of amides is 1. The minimum Gasteiger partial charge on any atom is -0.350 e. The Bertz CT molecular complexity index is 341. The average Bonchev–Trinajstić information content (AvgIpc) is 2.27. The molecule has 0 aromatic heterocycles. The van der Waals surface area contributed by atoms with Gasteiger partial charge in [-0.2, -0.15) is 0 Å². The molecule has 1 rings (SSSR count). The quantitative estimate of drug-likeness (QED) is 0.868. The number of carbonyl (C=O) groups is 1. The Labute approximate surface area is 113 Å². The first kappa shape index (κ1) is 16.2. The van der Waals surface area contributed by atoms with Crippen molar-refractivity contribution in [2.75, 3.05) is 13.6 Å². The van der Waals surface area contributed by atoms with Gasteiger partial charge in [-0.25, -0.2) is 0 Å². The van der Waals surface area contributed by atoms with E-state index in [0.29, 0.717) is 18.0 Å². The summed E-state index contributed by atoms with van der Waals surface area (Å²) in [7, 11) is 1.83. The van der Waals surface area contributed by atoms with Crippen LogP contribution in [-0.2, 0) is 4.79 Å². The maximum absolute atomic E-state index is 11.5. The second-order valence-corrected chi connectivity index (χ2v) is 4.13. The highest BCUT2D eigenvalue weighted by molar-refractivity contribution is 6.30. The first-order valence-electron chi connectivity index (χ1n) is 5.33. The molecule has 5 heteroatoms. The van der Waals surface area contributed by atoms with E-state index in [1.807, 2.05) is 38.2 Å². The lowest BCUT2D eigenvalue weighted by atomic mass is 10.1. The van der Waals surface area contributed by atoms with E-state index in [0.717, 1.165) is 5.56 Å². The Balaban J connectivity index is 0.00000256. The molecular weight excluding hydrogens is 259 g/mol. The third-order valence-electron chi connectivity index (χ3n) is 2.35. The Morgan fingerprint density at radius 3 is 2.47 bits per heavy atom. The summed E-state index contributed by atoms with van der Waals surface area (Å²) < 4.78 is 0. The molecule has 0 saturated heterocycles. The molecule has 1 amide bonds. The van der Waals surface area contributed by atoms with Crippen molar-refractivity contribution in [2.24, 2.45) is 0 Å². The summed E-state index contributed by atoms with van der Waals surface area (Å²) in [5, 5.41) is 6.58. The van der Waals surface area contributed by atoms with Gasteiger partial charge in [0.05, 0.1) is 6.04 Å². The molecule has 0 saturated carbocycles. The molecule has 0 spiro atoms. The Kier molecular flexibility index (Phi) is 7.96. The van der Waals surface area contributed by atoms with Crippen LogP contribution in [0.3, 0.4) is 0 Å². The molecule has 0 aliphatic carbocycles. The highest BCUT2D eigenvalue weighted by Gasteiger charge is 2.08. The molecule has 1 aromatic carbocycles. The van der Waals surface area contributed by atoms with Gasteiger partial charge in [0, 0.05) is 18.0 Å². The van der Waals surface area contributed by atoms with Crippen LogP contribution in [-0.4, -0.2) is 19.5 Å². The van der Waals surface area contributed by atoms with Crippen LogP contribution < -0.4 is 10.6 Å². The van der Waals surface area contributed by atoms with Crippen LogP contribution in [0.5, 0.6) is 0 Å². The third kappa shape index (κ3) is 5.91. The van der Waals surface area contributed by atoms with Crippen molar-refractivity contribution in [2.45, 2.75) is 19.4 Å². The van der Waals surface area contributed by atoms with Gasteiger partial charge in [-0.05, 0) is 31.7 Å². The maximum Gasteiger partial charge on any atom is 0.221 e. The van der Waals surface area contributed by atoms with E-state index in [9.17, 15) is 4.79 Å². The highest BCUT2D eigenvalue weighted by Crippen LogP contribution is 2.15. The van der Waals surface area contributed by atoms with Gasteiger partial charge < -0.3 is 10.6 Å². The van der Waals surface area contributed by atoms with Gasteiger partial charge in [0.15, 0.2) is 0 Å². The third-order valence-corrected chi connectivity index (χ3v) is 2.60. The van der Waals surface area contributed by atoms with E-state index < -0.39 is 0 Å². The zero-order valence-corrected chi connectivity index (χ0v) is 11.6. The lowest BCUT2D eigenvalue weighted by Gasteiger charge is -2.14. The molecule has 3 nitrogen and oxygen atoms in total. The zero-order valence-electron chi connectivity index (χ0n) is 10.00. The van der Waals surface area contributed by atoms with Gasteiger partial charge in [-0.15, -0.1) is 12.4 Å². The van der Waals surface area contributed by atoms with E-state index in [2.05, 4.69) is 10.6 Å². The number of benzene rings is 1. The van der Waals surface area contributed by atoms with Gasteiger partial charge in [-0.3, -0.25) is 4.79 Å². The fourth-order valence-corrected chi connectivity index (χ4v) is 1.51. The molecule has 2 N–H and O–H groups in total. The summed E-state index contributed by atoms with van der Waals surface area (Å²) >= 11 is 5.80. The van der Waals surface area contributed by atoms with Gasteiger partial charge in [0.1, 0.15) is 0 Å². The molecule has 0 fully saturated rings. The fourth-order valence-electron chi connectivity index (χ4n) is 1.39. The van der Waals surface area contributed by atoms with E-state index in [1.54, 1.807) is 0 Å². The van der Waals surface area contributed by atoms with Crippen molar-refractivity contribution < 1.29 is 4.79 Å². The molecule has 17 heavy (non-hydrogen) atoms. The van der Waals surface area contributed by atoms with E-state index in [4.69, 9.17) is 11.6 Å². The predicted molar refractivity (Wildman–Crippen MR) is 73.8 cm³/mol. The second kappa shape index (κ2) is 8.34. The summed E-state index contributed by atoms with van der Waals surface area (Å²) in [5.74, 6) is 0.0526. The number of rotatable bonds is 5. The van der Waals surface area contributed by atoms with Crippen molar-refractivity contribution in [3.8, 4) is 0 Å². The summed E-state index contributed by atoms with van der Waals surface area (Å²) in [6.45, 7) is 2.65. The van der Waals surface area contributed by atoms with Crippen molar-refractivity contribution in [3.05, 3.63) is 34.9 Å². The fraction of sp³-hybridized carbons (Fsp3) is 0.417. The summed E-state index contributed by atoms with van der Waals surface area (Å²) in [6.07, 6.45) is 0.494. The summed E-state index contributed by atoms with van der Waals surface area (Å²) in [6, 6.07) is 7.51. The second-order valence-electron chi connectivity index (χ2n) is 3.69. The lowest BCUT2D eigenvalue weighted by Crippen LogP contribution is -2.28. The molecule has 0 aliphatic heterocycles. The van der Waals surface area contributed by atoms with Gasteiger partial charge in [-0.1, -0.05) is 23.7 Å². The molecular formula is C12H18Cl2N2O. The van der Waals surface area contributed by atoms with Crippen LogP contribution in [0.1, 0.15) is 24.9 Å². The van der Waals surface area contributed by atoms with E-state index >= 15 is 0 Å². The van der Waals surface area contributed by atoms with E-state index in [-0.39, 0.29) is 24.4 Å². The van der Waals surface area contributed by atoms with Crippen LogP contribution in [0.15, 0.2) is 24.3 Å². The SMILES string of the molecule is CNCCC(=O)NC(C)c1ccc(Cl)cc1.Cl. The molecule has 1 unspecified atom stereocenters. The summed E-state index contributed by atoms with van der Waals surface area (Å²) in [4.78, 5) is 11.5. The number of carbonyl (C=O) groups excluding carboxylic acids is 1. The standard InChI is InChI=1S/C12H17ClN2O.ClH/c1-9(15-12(16)7-8-14-2)10-3-5-11(13)6-4-10;/h3-6,9,14H,7-8H2,1-2H3,(H,15,16);1H. The Morgan fingerprint density at radius 1 is 1.35 bits per heavy atom. The molecule has 0 heterocycles. The van der Waals surface area contributed by atoms with Crippen molar-refractivity contribution in [1.29, 1.82) is 0 Å². The minimum atomic E-state index is 0. The van der Waals surface area contributed by atoms with Crippen LogP contribution in [0.2, 0.25) is 5.02 Å². The molecule has 0 radical (unpaired) electrons. The van der Waals surface area contributed by atoms with Crippen LogP contribution in [0.4, 0.5) is 0 Å². The maximum atomic E-state index is 11.5. The van der Waals surface area contributed by atoms with Crippen molar-refractivity contribution in [3.63, 3.8) is 0 Å². The first-order chi connectivity index (χ1) is 7.63. The molecule has 96 valence electrons. The number of halogens is 2. The average molecular weight is 277 g/mol. The van der Waals surface area contributed by atoms with Crippen LogP contribution >= 0.6 is 24.0 Å². The number of hydrogen-bond acceptors (Lipinski definition) is 2. The van der Waals surface area contributed by atoms with Crippen molar-refractivity contribution >= 4 is 29.9 Å². The van der Waals surface area contributed by atoms with E-state index in [1.165, 1.54) is 0 Å². The number of nitrogens with one attached hydrogen (secondary N) is 2. The normalized spacial score (nSPS) is 11.5. The first-order valence-corrected chi connectivity index (χ1v) is 5.70. The van der Waals surface area contributed by atoms with Crippen LogP contribution in [0, 0.1) is 0 Å². The topological polar surface area (TPSA) is 41.1 Å². The van der Waals surface area contributed by atoms with Crippen LogP contribution in [0.25, 0.3) is 0 Å². The Hall–Kier alpha value is -0.770. The Morgan fingerprint density at radius 2 is 1.94 bits per heavy atom. The monoisotopic (exact) mass is 276 g/mol. The smallest absolute Gasteiger partial charge is 0.221 e. The minimum absolute atomic E-state index is 0. The highest BCUT2D eigenvalue weighted by atomic mass is 35.5. The summed E-state index contributed by atoms with van der Waals surface area (Å²) in [5.41, 5.74) is 1.06. The lowest BCUT2D eigenvalue weighted by molar-refractivity contribution is -0.121. The van der Waals surface area contributed by atoms with Gasteiger partial charge in [0.2, 0.25) is 5.91 Å². The molecule has 0 aliphatic rings. The van der Waals surface area contributed by atoms with Gasteiger partial charge in [0.25, 0.3) is 0 Å². The van der Waals surface area contributed by atoms with Gasteiger partial charge >= 0.3 is 0 Å². The molecule has 1 atom stereocenters. The number of hydrogen-bond donors (Lipinski definition) is 2. The predicted octanol–water partition coefficient (Wildman–Crippen LogP) is 2.55. The molecule has 1 aromatic rings. The zero-order chi connectivity index (χ0) is 12.0. The largest absolute Gasteiger partial charge is 0.350 e. The van der Waals surface area contributed by atoms with Crippen molar-refractivity contribution in [1.82, 2.24) is 10.6 Å².